The van der Waals surface area contributed by atoms with Gasteiger partial charge in [0.05, 0.1) is 35.0 Å². The fourth-order valence-corrected chi connectivity index (χ4v) is 5.21. The number of nitrogens with one attached hydrogen (secondary N) is 2. The van der Waals surface area contributed by atoms with Crippen molar-refractivity contribution in [3.05, 3.63) is 50.8 Å². The number of hydrogen-bond acceptors (Lipinski definition) is 6. The van der Waals surface area contributed by atoms with Gasteiger partial charge < -0.3 is 24.4 Å². The summed E-state index contributed by atoms with van der Waals surface area (Å²) in [5, 5.41) is 5.94. The Morgan fingerprint density at radius 1 is 1.18 bits per heavy atom. The fraction of sp³-hybridized carbons (Fsp3) is 0.520. The number of aryl methyl sites for hydroxylation is 1. The first kappa shape index (κ1) is 26.8. The number of carbonyl (C=O) groups is 1. The molecular weight excluding hydrogens is 519 g/mol. The van der Waals surface area contributed by atoms with Crippen LogP contribution in [0, 0.1) is 0 Å². The van der Waals surface area contributed by atoms with Crippen molar-refractivity contribution in [1.29, 1.82) is 0 Å². The number of rotatable bonds is 5. The maximum atomic E-state index is 13.2. The van der Waals surface area contributed by atoms with E-state index in [-0.39, 0.29) is 23.7 Å². The number of halogens is 3. The van der Waals surface area contributed by atoms with Crippen molar-refractivity contribution in [3.8, 4) is 0 Å². The van der Waals surface area contributed by atoms with Crippen molar-refractivity contribution in [2.75, 3.05) is 37.5 Å². The van der Waals surface area contributed by atoms with Crippen molar-refractivity contribution >= 4 is 28.4 Å². The highest BCUT2D eigenvalue weighted by atomic mass is 19.4. The molecule has 0 atom stereocenters. The minimum Gasteiger partial charge on any atom is -0.381 e. The molecule has 1 aliphatic carbocycles. The minimum atomic E-state index is -4.65. The molecule has 11 nitrogen and oxygen atoms in total. The largest absolute Gasteiger partial charge is 0.417 e. The van der Waals surface area contributed by atoms with Crippen LogP contribution in [-0.2, 0) is 18.0 Å². The first-order chi connectivity index (χ1) is 18.5. The van der Waals surface area contributed by atoms with Gasteiger partial charge in [-0.05, 0) is 37.8 Å². The second-order valence-electron chi connectivity index (χ2n) is 10.2. The standard InChI is InChI=1S/C25H30F3N7O4/c1-32-13-14(25(26,27)28)8-20(23(32)37)30-24(38)33(2)15-4-6-34(7-5-15)17-11-19-21(29-12-17)31-35(22(19)36)16-9-18(10-16)39-3/h8,11-13,15-16,18H,4-7,9-10H2,1-3H3,(H,29,31)(H,30,38). The zero-order valence-electron chi connectivity index (χ0n) is 21.8. The second-order valence-corrected chi connectivity index (χ2v) is 10.2. The van der Waals surface area contributed by atoms with E-state index in [0.717, 1.165) is 23.1 Å². The number of H-pyrrole nitrogens is 1. The van der Waals surface area contributed by atoms with Crippen molar-refractivity contribution in [2.24, 2.45) is 7.05 Å². The van der Waals surface area contributed by atoms with Gasteiger partial charge in [-0.15, -0.1) is 0 Å². The smallest absolute Gasteiger partial charge is 0.381 e. The highest BCUT2D eigenvalue weighted by Gasteiger charge is 2.34. The molecule has 1 saturated carbocycles. The number of urea groups is 1. The van der Waals surface area contributed by atoms with E-state index in [9.17, 15) is 27.6 Å². The van der Waals surface area contributed by atoms with Crippen LogP contribution in [0.1, 0.15) is 37.3 Å². The van der Waals surface area contributed by atoms with Gasteiger partial charge in [-0.3, -0.25) is 14.7 Å². The van der Waals surface area contributed by atoms with Gasteiger partial charge in [-0.1, -0.05) is 0 Å². The lowest BCUT2D eigenvalue weighted by atomic mass is 9.89. The summed E-state index contributed by atoms with van der Waals surface area (Å²) >= 11 is 0. The summed E-state index contributed by atoms with van der Waals surface area (Å²) in [6.45, 7) is 1.16. The Morgan fingerprint density at radius 2 is 1.87 bits per heavy atom. The number of carbonyl (C=O) groups excluding carboxylic acids is 1. The Balaban J connectivity index is 1.23. The summed E-state index contributed by atoms with van der Waals surface area (Å²) in [6, 6.07) is 1.69. The summed E-state index contributed by atoms with van der Waals surface area (Å²) in [5.41, 5.74) is -0.989. The zero-order valence-corrected chi connectivity index (χ0v) is 21.8. The summed E-state index contributed by atoms with van der Waals surface area (Å²) in [4.78, 5) is 46.0. The third kappa shape index (κ3) is 5.12. The molecule has 2 N–H and O–H groups in total. The molecule has 0 bridgehead atoms. The third-order valence-electron chi connectivity index (χ3n) is 7.77. The third-order valence-corrected chi connectivity index (χ3v) is 7.77. The van der Waals surface area contributed by atoms with E-state index < -0.39 is 29.0 Å². The number of aromatic nitrogens is 4. The van der Waals surface area contributed by atoms with Crippen molar-refractivity contribution in [1.82, 2.24) is 24.2 Å². The van der Waals surface area contributed by atoms with Crippen LogP contribution in [0.2, 0.25) is 0 Å². The van der Waals surface area contributed by atoms with Gasteiger partial charge in [-0.2, -0.15) is 13.2 Å². The lowest BCUT2D eigenvalue weighted by molar-refractivity contribution is -0.138. The summed E-state index contributed by atoms with van der Waals surface area (Å²) in [7, 11) is 4.42. The van der Waals surface area contributed by atoms with Crippen molar-refractivity contribution in [3.63, 3.8) is 0 Å². The number of anilines is 2. The molecule has 2 fully saturated rings. The Hall–Kier alpha value is -3.81. The van der Waals surface area contributed by atoms with Gasteiger partial charge >= 0.3 is 12.2 Å². The lowest BCUT2D eigenvalue weighted by Gasteiger charge is -2.37. The molecule has 210 valence electrons. The molecule has 3 aromatic rings. The predicted molar refractivity (Wildman–Crippen MR) is 138 cm³/mol. The van der Waals surface area contributed by atoms with Crippen molar-refractivity contribution in [2.45, 2.75) is 50.0 Å². The lowest BCUT2D eigenvalue weighted by Crippen LogP contribution is -2.47. The average molecular weight is 550 g/mol. The maximum absolute atomic E-state index is 13.2. The number of alkyl halides is 3. The molecular formula is C25H30F3N7O4. The Labute approximate surface area is 221 Å². The molecule has 2 aliphatic rings. The van der Waals surface area contributed by atoms with Gasteiger partial charge in [-0.25, -0.2) is 14.5 Å². The molecule has 1 aliphatic heterocycles. The number of piperidine rings is 1. The first-order valence-electron chi connectivity index (χ1n) is 12.7. The van der Waals surface area contributed by atoms with E-state index in [4.69, 9.17) is 4.74 Å². The number of nitrogens with zero attached hydrogens (tertiary/aromatic N) is 5. The predicted octanol–water partition coefficient (Wildman–Crippen LogP) is 2.92. The van der Waals surface area contributed by atoms with E-state index in [0.29, 0.717) is 49.2 Å². The van der Waals surface area contributed by atoms with Crippen LogP contribution in [-0.4, -0.2) is 69.7 Å². The van der Waals surface area contributed by atoms with Gasteiger partial charge in [0.2, 0.25) is 0 Å². The Bertz CT molecular complexity index is 1500. The molecule has 14 heteroatoms. The quantitative estimate of drug-likeness (QED) is 0.506. The fourth-order valence-electron chi connectivity index (χ4n) is 5.21. The normalized spacial score (nSPS) is 20.2. The topological polar surface area (TPSA) is 117 Å². The first-order valence-corrected chi connectivity index (χ1v) is 12.7. The monoisotopic (exact) mass is 549 g/mol. The molecule has 0 spiro atoms. The van der Waals surface area contributed by atoms with Crippen molar-refractivity contribution < 1.29 is 22.7 Å². The zero-order chi connectivity index (χ0) is 28.1. The van der Waals surface area contributed by atoms with Crippen LogP contribution in [0.5, 0.6) is 0 Å². The van der Waals surface area contributed by atoms with Gasteiger partial charge in [0, 0.05) is 46.5 Å². The number of methoxy groups -OCH3 is 1. The number of amides is 2. The van der Waals surface area contributed by atoms with Gasteiger partial charge in [0.1, 0.15) is 5.69 Å². The molecule has 0 aromatic carbocycles. The molecule has 4 heterocycles. The van der Waals surface area contributed by atoms with Crippen LogP contribution in [0.4, 0.5) is 29.3 Å². The molecule has 39 heavy (non-hydrogen) atoms. The summed E-state index contributed by atoms with van der Waals surface area (Å²) in [5.74, 6) is 0. The molecule has 0 unspecified atom stereocenters. The number of pyridine rings is 2. The number of hydrogen-bond donors (Lipinski definition) is 2. The van der Waals surface area contributed by atoms with Crippen LogP contribution in [0.3, 0.4) is 0 Å². The Kier molecular flexibility index (Phi) is 6.91. The Morgan fingerprint density at radius 3 is 2.51 bits per heavy atom. The maximum Gasteiger partial charge on any atom is 0.417 e. The van der Waals surface area contributed by atoms with Gasteiger partial charge in [0.15, 0.2) is 5.65 Å². The SMILES string of the molecule is COC1CC(n2[nH]c3ncc(N4CCC(N(C)C(=O)Nc5cc(C(F)(F)F)cn(C)c5=O)CC4)cc3c2=O)C1. The molecule has 1 saturated heterocycles. The van der Waals surface area contributed by atoms with Crippen LogP contribution >= 0.6 is 0 Å². The van der Waals surface area contributed by atoms with E-state index >= 15 is 0 Å². The average Bonchev–Trinajstić information content (AvgIpc) is 3.20. The van der Waals surface area contributed by atoms with E-state index in [1.54, 1.807) is 25.0 Å². The van der Waals surface area contributed by atoms with E-state index in [1.807, 2.05) is 6.07 Å². The molecule has 5 rings (SSSR count). The van der Waals surface area contributed by atoms with Gasteiger partial charge in [0.25, 0.3) is 11.1 Å². The van der Waals surface area contributed by atoms with E-state index in [1.165, 1.54) is 11.9 Å². The van der Waals surface area contributed by atoms with Crippen LogP contribution in [0.25, 0.3) is 11.0 Å². The van der Waals surface area contributed by atoms with E-state index in [2.05, 4.69) is 20.3 Å². The molecule has 2 amide bonds. The summed E-state index contributed by atoms with van der Waals surface area (Å²) in [6.07, 6.45) is 0.617. The summed E-state index contributed by atoms with van der Waals surface area (Å²) < 4.78 is 47.2. The minimum absolute atomic E-state index is 0.0636. The van der Waals surface area contributed by atoms with Crippen LogP contribution in [0.15, 0.2) is 34.1 Å². The molecule has 3 aromatic heterocycles. The highest BCUT2D eigenvalue weighted by molar-refractivity contribution is 5.89. The number of ether oxygens (including phenoxy) is 1. The molecule has 0 radical (unpaired) electrons. The van der Waals surface area contributed by atoms with Crippen LogP contribution < -0.4 is 21.3 Å². The number of fused-ring (bicyclic) bond motifs is 1. The second kappa shape index (κ2) is 10.1. The highest BCUT2D eigenvalue weighted by Crippen LogP contribution is 2.33. The number of aromatic amines is 1.